The van der Waals surface area contributed by atoms with Gasteiger partial charge in [0.05, 0.1) is 6.61 Å². The van der Waals surface area contributed by atoms with Crippen LogP contribution in [0, 0.1) is 16.7 Å². The van der Waals surface area contributed by atoms with E-state index in [-0.39, 0.29) is 23.2 Å². The standard InChI is InChI=1S/C15H24O2/c1-10-11(9-16)12(17)8-13-14(2,3)6-5-7-15(10,13)4/h13,16H,5-9H2,1-4H3/t13-,15+/m0/s1. The Morgan fingerprint density at radius 1 is 1.29 bits per heavy atom. The predicted molar refractivity (Wildman–Crippen MR) is 68.6 cm³/mol. The Balaban J connectivity index is 2.50. The lowest BCUT2D eigenvalue weighted by atomic mass is 9.50. The quantitative estimate of drug-likeness (QED) is 0.759. The van der Waals surface area contributed by atoms with Gasteiger partial charge in [0, 0.05) is 12.0 Å². The lowest BCUT2D eigenvalue weighted by molar-refractivity contribution is -0.122. The molecule has 0 bridgehead atoms. The van der Waals surface area contributed by atoms with Gasteiger partial charge in [-0.15, -0.1) is 0 Å². The van der Waals surface area contributed by atoms with Crippen LogP contribution in [-0.2, 0) is 4.79 Å². The third-order valence-corrected chi connectivity index (χ3v) is 5.42. The molecule has 2 atom stereocenters. The van der Waals surface area contributed by atoms with Crippen LogP contribution < -0.4 is 0 Å². The molecule has 0 aromatic carbocycles. The number of aliphatic hydroxyl groups is 1. The molecule has 0 saturated heterocycles. The third-order valence-electron chi connectivity index (χ3n) is 5.42. The van der Waals surface area contributed by atoms with Crippen LogP contribution in [0.2, 0.25) is 0 Å². The maximum atomic E-state index is 12.1. The Hall–Kier alpha value is -0.630. The SMILES string of the molecule is CC1=C(CO)C(=O)C[C@H]2C(C)(C)CCC[C@]12C. The van der Waals surface area contributed by atoms with Crippen molar-refractivity contribution in [1.82, 2.24) is 0 Å². The van der Waals surface area contributed by atoms with Gasteiger partial charge in [0.25, 0.3) is 0 Å². The van der Waals surface area contributed by atoms with Crippen molar-refractivity contribution in [2.75, 3.05) is 6.61 Å². The van der Waals surface area contributed by atoms with Gasteiger partial charge in [0.15, 0.2) is 5.78 Å². The van der Waals surface area contributed by atoms with Gasteiger partial charge >= 0.3 is 0 Å². The first-order chi connectivity index (χ1) is 7.83. The van der Waals surface area contributed by atoms with Gasteiger partial charge < -0.3 is 5.11 Å². The zero-order valence-corrected chi connectivity index (χ0v) is 11.5. The van der Waals surface area contributed by atoms with Gasteiger partial charge in [0.2, 0.25) is 0 Å². The molecule has 0 amide bonds. The molecule has 1 saturated carbocycles. The fraction of sp³-hybridized carbons (Fsp3) is 0.800. The number of carbonyl (C=O) groups excluding carboxylic acids is 1. The van der Waals surface area contributed by atoms with Crippen LogP contribution >= 0.6 is 0 Å². The minimum absolute atomic E-state index is 0.0899. The minimum Gasteiger partial charge on any atom is -0.392 e. The molecule has 96 valence electrons. The Bertz CT molecular complexity index is 378. The van der Waals surface area contributed by atoms with Crippen molar-refractivity contribution >= 4 is 5.78 Å². The zero-order valence-electron chi connectivity index (χ0n) is 11.5. The number of fused-ring (bicyclic) bond motifs is 1. The van der Waals surface area contributed by atoms with E-state index in [4.69, 9.17) is 0 Å². The first kappa shape index (κ1) is 12.8. The number of hydrogen-bond acceptors (Lipinski definition) is 2. The summed E-state index contributed by atoms with van der Waals surface area (Å²) in [4.78, 5) is 12.1. The predicted octanol–water partition coefficient (Wildman–Crippen LogP) is 3.10. The maximum Gasteiger partial charge on any atom is 0.161 e. The molecule has 2 aliphatic carbocycles. The molecule has 2 heteroatoms. The number of rotatable bonds is 1. The van der Waals surface area contributed by atoms with Crippen LogP contribution in [0.1, 0.15) is 53.4 Å². The van der Waals surface area contributed by atoms with Crippen molar-refractivity contribution < 1.29 is 9.90 Å². The summed E-state index contributed by atoms with van der Waals surface area (Å²) in [6.45, 7) is 8.83. The Morgan fingerprint density at radius 3 is 2.53 bits per heavy atom. The van der Waals surface area contributed by atoms with E-state index in [0.717, 1.165) is 12.0 Å². The van der Waals surface area contributed by atoms with E-state index in [9.17, 15) is 9.90 Å². The van der Waals surface area contributed by atoms with Gasteiger partial charge in [-0.2, -0.15) is 0 Å². The average molecular weight is 236 g/mol. The van der Waals surface area contributed by atoms with Crippen LogP contribution in [0.15, 0.2) is 11.1 Å². The highest BCUT2D eigenvalue weighted by Crippen LogP contribution is 2.58. The number of allylic oxidation sites excluding steroid dienone is 1. The topological polar surface area (TPSA) is 37.3 Å². The molecule has 1 fully saturated rings. The molecule has 0 spiro atoms. The molecule has 2 nitrogen and oxygen atoms in total. The summed E-state index contributed by atoms with van der Waals surface area (Å²) in [7, 11) is 0. The molecule has 2 aliphatic rings. The van der Waals surface area contributed by atoms with Crippen molar-refractivity contribution in [3.05, 3.63) is 11.1 Å². The van der Waals surface area contributed by atoms with Crippen LogP contribution in [0.5, 0.6) is 0 Å². The summed E-state index contributed by atoms with van der Waals surface area (Å²) in [6, 6.07) is 0. The van der Waals surface area contributed by atoms with E-state index >= 15 is 0 Å². The Morgan fingerprint density at radius 2 is 1.94 bits per heavy atom. The average Bonchev–Trinajstić information content (AvgIpc) is 2.23. The minimum atomic E-state index is -0.0899. The van der Waals surface area contributed by atoms with E-state index in [1.807, 2.05) is 0 Å². The summed E-state index contributed by atoms with van der Waals surface area (Å²) in [5, 5.41) is 9.39. The molecule has 17 heavy (non-hydrogen) atoms. The number of ketones is 1. The fourth-order valence-corrected chi connectivity index (χ4v) is 4.14. The van der Waals surface area contributed by atoms with Crippen molar-refractivity contribution in [1.29, 1.82) is 0 Å². The summed E-state index contributed by atoms with van der Waals surface area (Å²) in [5.74, 6) is 0.606. The molecule has 0 aromatic heterocycles. The highest BCUT2D eigenvalue weighted by molar-refractivity contribution is 5.97. The lowest BCUT2D eigenvalue weighted by Gasteiger charge is -2.54. The van der Waals surface area contributed by atoms with Gasteiger partial charge in [-0.25, -0.2) is 0 Å². The van der Waals surface area contributed by atoms with Gasteiger partial charge in [-0.3, -0.25) is 4.79 Å². The first-order valence-electron chi connectivity index (χ1n) is 6.67. The second-order valence-electron chi connectivity index (χ2n) is 6.70. The summed E-state index contributed by atoms with van der Waals surface area (Å²) >= 11 is 0. The molecular weight excluding hydrogens is 212 g/mol. The number of Topliss-reactive ketones (excluding diaryl/α,β-unsaturated/α-hetero) is 1. The summed E-state index contributed by atoms with van der Waals surface area (Å²) in [5.41, 5.74) is 2.19. The molecule has 1 N–H and O–H groups in total. The van der Waals surface area contributed by atoms with Gasteiger partial charge in [-0.1, -0.05) is 32.8 Å². The van der Waals surface area contributed by atoms with Crippen molar-refractivity contribution in [3.8, 4) is 0 Å². The van der Waals surface area contributed by atoms with E-state index < -0.39 is 0 Å². The van der Waals surface area contributed by atoms with Crippen LogP contribution in [-0.4, -0.2) is 17.5 Å². The van der Waals surface area contributed by atoms with Crippen LogP contribution in [0.3, 0.4) is 0 Å². The molecule has 0 aliphatic heterocycles. The van der Waals surface area contributed by atoms with E-state index in [2.05, 4.69) is 27.7 Å². The largest absolute Gasteiger partial charge is 0.392 e. The maximum absolute atomic E-state index is 12.1. The first-order valence-corrected chi connectivity index (χ1v) is 6.67. The van der Waals surface area contributed by atoms with Crippen LogP contribution in [0.4, 0.5) is 0 Å². The molecule has 0 unspecified atom stereocenters. The van der Waals surface area contributed by atoms with Crippen molar-refractivity contribution in [2.24, 2.45) is 16.7 Å². The molecule has 0 aromatic rings. The number of hydrogen-bond donors (Lipinski definition) is 1. The highest BCUT2D eigenvalue weighted by Gasteiger charge is 2.51. The van der Waals surface area contributed by atoms with E-state index in [1.54, 1.807) is 0 Å². The zero-order chi connectivity index (χ0) is 12.8. The summed E-state index contributed by atoms with van der Waals surface area (Å²) in [6.07, 6.45) is 4.22. The lowest BCUT2D eigenvalue weighted by Crippen LogP contribution is -2.47. The van der Waals surface area contributed by atoms with Gasteiger partial charge in [-0.05, 0) is 36.5 Å². The number of carbonyl (C=O) groups is 1. The molecule has 2 rings (SSSR count). The fourth-order valence-electron chi connectivity index (χ4n) is 4.14. The van der Waals surface area contributed by atoms with Crippen molar-refractivity contribution in [2.45, 2.75) is 53.4 Å². The Kier molecular flexibility index (Phi) is 2.97. The second kappa shape index (κ2) is 3.94. The Labute approximate surface area is 104 Å². The van der Waals surface area contributed by atoms with Crippen molar-refractivity contribution in [3.63, 3.8) is 0 Å². The second-order valence-corrected chi connectivity index (χ2v) is 6.70. The normalized spacial score (nSPS) is 37.0. The van der Waals surface area contributed by atoms with E-state index in [1.165, 1.54) is 12.8 Å². The summed E-state index contributed by atoms with van der Waals surface area (Å²) < 4.78 is 0. The smallest absolute Gasteiger partial charge is 0.161 e. The molecule has 0 heterocycles. The molecular formula is C15H24O2. The highest BCUT2D eigenvalue weighted by atomic mass is 16.3. The van der Waals surface area contributed by atoms with E-state index in [0.29, 0.717) is 17.9 Å². The van der Waals surface area contributed by atoms with Gasteiger partial charge in [0.1, 0.15) is 0 Å². The number of aliphatic hydroxyl groups excluding tert-OH is 1. The monoisotopic (exact) mass is 236 g/mol. The van der Waals surface area contributed by atoms with Crippen LogP contribution in [0.25, 0.3) is 0 Å². The third kappa shape index (κ3) is 1.77. The molecule has 0 radical (unpaired) electrons.